The Morgan fingerprint density at radius 2 is 1.59 bits per heavy atom. The van der Waals surface area contributed by atoms with Crippen LogP contribution >= 0.6 is 11.8 Å². The van der Waals surface area contributed by atoms with Crippen LogP contribution in [0.25, 0.3) is 11.8 Å². The molecule has 0 aromatic heterocycles. The van der Waals surface area contributed by atoms with Gasteiger partial charge in [0.25, 0.3) is 0 Å². The molecule has 0 aliphatic carbocycles. The van der Waals surface area contributed by atoms with Crippen LogP contribution in [-0.2, 0) is 0 Å². The minimum atomic E-state index is -0.0279. The standard InChI is InChI=1S/C33H31N3O4S/c1-35-18-24(16-21-4-9-25(37-2)10-5-21)31-27(19-35)32(22-6-11-26(38-3)12-7-22)36-28(20-41-33(36)34-31)23-8-13-29-30(17-23)40-15-14-39-29/h4-13,16-17,20,32H,14-15,18-19H2,1-3H3/b24-16+. The fourth-order valence-corrected chi connectivity index (χ4v) is 6.75. The Kier molecular flexibility index (Phi) is 6.73. The van der Waals surface area contributed by atoms with Gasteiger partial charge < -0.3 is 23.8 Å². The minimum Gasteiger partial charge on any atom is -0.497 e. The fourth-order valence-electron chi connectivity index (χ4n) is 5.82. The summed E-state index contributed by atoms with van der Waals surface area (Å²) in [7, 11) is 5.57. The second kappa shape index (κ2) is 10.7. The smallest absolute Gasteiger partial charge is 0.174 e. The summed E-state index contributed by atoms with van der Waals surface area (Å²) in [6.07, 6.45) is 2.25. The first-order valence-electron chi connectivity index (χ1n) is 13.7. The molecule has 8 heteroatoms. The number of fused-ring (bicyclic) bond motifs is 2. The van der Waals surface area contributed by atoms with Gasteiger partial charge in [-0.05, 0) is 77.9 Å². The molecule has 208 valence electrons. The largest absolute Gasteiger partial charge is 0.497 e. The summed E-state index contributed by atoms with van der Waals surface area (Å²) in [4.78, 5) is 10.1. The SMILES string of the molecule is COc1ccc(/C=C2\CN(C)CC3=C2N=C2SC=C(c4ccc5c(c4)OCCO5)N2C3c2ccc(OC)cc2)cc1. The van der Waals surface area contributed by atoms with Crippen molar-refractivity contribution < 1.29 is 18.9 Å². The zero-order chi connectivity index (χ0) is 27.9. The van der Waals surface area contributed by atoms with Crippen molar-refractivity contribution in [1.29, 1.82) is 0 Å². The number of nitrogens with zero attached hydrogens (tertiary/aromatic N) is 3. The molecule has 3 aromatic rings. The predicted octanol–water partition coefficient (Wildman–Crippen LogP) is 6.22. The number of ether oxygens (including phenoxy) is 4. The molecule has 4 aliphatic heterocycles. The Morgan fingerprint density at radius 3 is 2.32 bits per heavy atom. The number of likely N-dealkylation sites (N-methyl/N-ethyl adjacent to an activating group) is 1. The zero-order valence-electron chi connectivity index (χ0n) is 23.3. The minimum absolute atomic E-state index is 0.0279. The van der Waals surface area contributed by atoms with Crippen LogP contribution in [0.3, 0.4) is 0 Å². The highest BCUT2D eigenvalue weighted by atomic mass is 32.2. The van der Waals surface area contributed by atoms with Gasteiger partial charge in [0, 0.05) is 24.1 Å². The van der Waals surface area contributed by atoms with E-state index in [2.05, 4.69) is 64.7 Å². The van der Waals surface area contributed by atoms with Crippen molar-refractivity contribution in [3.63, 3.8) is 0 Å². The van der Waals surface area contributed by atoms with E-state index in [-0.39, 0.29) is 6.04 Å². The maximum Gasteiger partial charge on any atom is 0.174 e. The molecular weight excluding hydrogens is 534 g/mol. The molecule has 0 saturated carbocycles. The Labute approximate surface area is 244 Å². The molecule has 0 spiro atoms. The lowest BCUT2D eigenvalue weighted by molar-refractivity contribution is 0.171. The van der Waals surface area contributed by atoms with Crippen molar-refractivity contribution in [2.45, 2.75) is 6.04 Å². The van der Waals surface area contributed by atoms with Crippen LogP contribution < -0.4 is 18.9 Å². The van der Waals surface area contributed by atoms with Crippen molar-refractivity contribution in [1.82, 2.24) is 9.80 Å². The summed E-state index contributed by atoms with van der Waals surface area (Å²) in [6.45, 7) is 2.77. The third-order valence-electron chi connectivity index (χ3n) is 7.75. The van der Waals surface area contributed by atoms with Gasteiger partial charge in [0.1, 0.15) is 24.7 Å². The number of hydrogen-bond donors (Lipinski definition) is 0. The van der Waals surface area contributed by atoms with E-state index in [4.69, 9.17) is 23.9 Å². The lowest BCUT2D eigenvalue weighted by atomic mass is 9.88. The Hall–Kier alpha value is -4.14. The Balaban J connectivity index is 1.34. The van der Waals surface area contributed by atoms with Crippen molar-refractivity contribution in [2.75, 3.05) is 47.6 Å². The maximum absolute atomic E-state index is 5.93. The van der Waals surface area contributed by atoms with Crippen molar-refractivity contribution in [3.8, 4) is 23.0 Å². The van der Waals surface area contributed by atoms with Crippen LogP contribution in [0.2, 0.25) is 0 Å². The third-order valence-corrected chi connectivity index (χ3v) is 8.59. The molecule has 0 bridgehead atoms. The number of hydrogen-bond acceptors (Lipinski definition) is 8. The third kappa shape index (κ3) is 4.77. The first-order valence-corrected chi connectivity index (χ1v) is 14.5. The van der Waals surface area contributed by atoms with E-state index in [1.54, 1.807) is 26.0 Å². The van der Waals surface area contributed by atoms with E-state index >= 15 is 0 Å². The molecule has 1 unspecified atom stereocenters. The van der Waals surface area contributed by atoms with Gasteiger partial charge in [0.05, 0.1) is 31.7 Å². The van der Waals surface area contributed by atoms with E-state index in [1.807, 2.05) is 30.3 Å². The first kappa shape index (κ1) is 25.8. The molecule has 0 fully saturated rings. The molecule has 0 amide bonds. The summed E-state index contributed by atoms with van der Waals surface area (Å²) >= 11 is 1.67. The molecular formula is C33H31N3O4S. The summed E-state index contributed by atoms with van der Waals surface area (Å²) in [5, 5.41) is 3.18. The van der Waals surface area contributed by atoms with Crippen LogP contribution in [0, 0.1) is 0 Å². The highest BCUT2D eigenvalue weighted by Gasteiger charge is 2.41. The summed E-state index contributed by atoms with van der Waals surface area (Å²) in [6, 6.07) is 22.8. The highest BCUT2D eigenvalue weighted by molar-refractivity contribution is 8.16. The normalized spacial score (nSPS) is 20.8. The van der Waals surface area contributed by atoms with Crippen molar-refractivity contribution >= 4 is 28.7 Å². The molecule has 0 radical (unpaired) electrons. The average Bonchev–Trinajstić information content (AvgIpc) is 3.44. The zero-order valence-corrected chi connectivity index (χ0v) is 24.1. The van der Waals surface area contributed by atoms with Gasteiger partial charge in [-0.3, -0.25) is 4.90 Å². The second-order valence-electron chi connectivity index (χ2n) is 10.4. The van der Waals surface area contributed by atoms with Crippen LogP contribution in [0.15, 0.2) is 94.0 Å². The van der Waals surface area contributed by atoms with Crippen LogP contribution in [0.1, 0.15) is 22.7 Å². The first-order chi connectivity index (χ1) is 20.1. The number of amidine groups is 1. The summed E-state index contributed by atoms with van der Waals surface area (Å²) < 4.78 is 22.6. The van der Waals surface area contributed by atoms with E-state index in [1.165, 1.54) is 16.7 Å². The van der Waals surface area contributed by atoms with E-state index in [0.717, 1.165) is 63.8 Å². The average molecular weight is 566 g/mol. The summed E-state index contributed by atoms with van der Waals surface area (Å²) in [5.41, 5.74) is 8.06. The Morgan fingerprint density at radius 1 is 0.878 bits per heavy atom. The van der Waals surface area contributed by atoms with Gasteiger partial charge in [-0.2, -0.15) is 0 Å². The molecule has 0 saturated heterocycles. The van der Waals surface area contributed by atoms with Gasteiger partial charge in [-0.1, -0.05) is 36.0 Å². The number of thioether (sulfide) groups is 1. The van der Waals surface area contributed by atoms with E-state index in [0.29, 0.717) is 13.2 Å². The molecule has 7 rings (SSSR count). The van der Waals surface area contributed by atoms with Crippen molar-refractivity contribution in [3.05, 3.63) is 106 Å². The number of rotatable bonds is 5. The number of aliphatic imine (C=N–C) groups is 1. The fraction of sp³-hybridized carbons (Fsp3) is 0.242. The molecule has 3 aromatic carbocycles. The monoisotopic (exact) mass is 565 g/mol. The predicted molar refractivity (Wildman–Crippen MR) is 164 cm³/mol. The van der Waals surface area contributed by atoms with E-state index in [9.17, 15) is 0 Å². The van der Waals surface area contributed by atoms with Crippen molar-refractivity contribution in [2.24, 2.45) is 4.99 Å². The van der Waals surface area contributed by atoms with E-state index < -0.39 is 0 Å². The molecule has 41 heavy (non-hydrogen) atoms. The quantitative estimate of drug-likeness (QED) is 0.364. The topological polar surface area (TPSA) is 55.8 Å². The molecule has 1 atom stereocenters. The summed E-state index contributed by atoms with van der Waals surface area (Å²) in [5.74, 6) is 3.26. The van der Waals surface area contributed by atoms with Gasteiger partial charge in [0.15, 0.2) is 16.7 Å². The maximum atomic E-state index is 5.93. The van der Waals surface area contributed by atoms with Gasteiger partial charge in [0.2, 0.25) is 0 Å². The lowest BCUT2D eigenvalue weighted by Crippen LogP contribution is -2.40. The van der Waals surface area contributed by atoms with Gasteiger partial charge >= 0.3 is 0 Å². The molecule has 4 aliphatic rings. The van der Waals surface area contributed by atoms with Gasteiger partial charge in [-0.15, -0.1) is 0 Å². The Bertz CT molecular complexity index is 1610. The molecule has 4 heterocycles. The molecule has 7 nitrogen and oxygen atoms in total. The highest BCUT2D eigenvalue weighted by Crippen LogP contribution is 2.50. The molecule has 0 N–H and O–H groups in total. The van der Waals surface area contributed by atoms with Crippen LogP contribution in [0.4, 0.5) is 0 Å². The van der Waals surface area contributed by atoms with Crippen LogP contribution in [0.5, 0.6) is 23.0 Å². The van der Waals surface area contributed by atoms with Crippen LogP contribution in [-0.4, -0.2) is 62.5 Å². The number of methoxy groups -OCH3 is 2. The lowest BCUT2D eigenvalue weighted by Gasteiger charge is -2.42. The number of benzene rings is 3. The second-order valence-corrected chi connectivity index (χ2v) is 11.2. The van der Waals surface area contributed by atoms with Gasteiger partial charge in [-0.25, -0.2) is 4.99 Å².